The van der Waals surface area contributed by atoms with Crippen LogP contribution in [-0.4, -0.2) is 77.5 Å². The number of β-lactam (4-membered cyclic amide) rings is 1. The Balaban J connectivity index is 1.75. The number of rotatable bonds is 11. The van der Waals surface area contributed by atoms with Gasteiger partial charge in [-0.2, -0.15) is 0 Å². The first-order valence-electron chi connectivity index (χ1n) is 11.9. The normalized spacial score (nSPS) is 19.6. The topological polar surface area (TPSA) is 150 Å². The Kier molecular flexibility index (Phi) is 9.90. The molecule has 3 heterocycles. The standard InChI is InChI=1S/C24H31FN4O7S2/c1-5-6-14(15-11-38-23(26)27-15)18(30)28-16-19(31)29-17(13(9-34-8-7-25)10-37-20(16)29)21(32)35-12-36-22(33)24(2,3)4/h6,11,16,20H,5,7-10,12H2,1-4H3,(H2,26,27)(H,28,30)/b14-6+/t16-,20-/m1/s1. The van der Waals surface area contributed by atoms with E-state index in [0.29, 0.717) is 28.4 Å². The molecule has 0 aromatic carbocycles. The first-order valence-corrected chi connectivity index (χ1v) is 13.8. The van der Waals surface area contributed by atoms with Gasteiger partial charge in [-0.25, -0.2) is 14.2 Å². The summed E-state index contributed by atoms with van der Waals surface area (Å²) in [5.74, 6) is -2.19. The fourth-order valence-corrected chi connectivity index (χ4v) is 5.49. The number of thiazole rings is 1. The van der Waals surface area contributed by atoms with E-state index in [1.165, 1.54) is 28.0 Å². The molecule has 11 nitrogen and oxygen atoms in total. The predicted molar refractivity (Wildman–Crippen MR) is 140 cm³/mol. The van der Waals surface area contributed by atoms with Gasteiger partial charge in [0.25, 0.3) is 11.8 Å². The molecule has 3 rings (SSSR count). The second-order valence-corrected chi connectivity index (χ2v) is 11.4. The summed E-state index contributed by atoms with van der Waals surface area (Å²) in [6.45, 7) is 5.21. The molecular formula is C24H31FN4O7S2. The van der Waals surface area contributed by atoms with Crippen molar-refractivity contribution in [3.05, 3.63) is 28.4 Å². The minimum Gasteiger partial charge on any atom is -0.427 e. The first kappa shape index (κ1) is 29.6. The third-order valence-electron chi connectivity index (χ3n) is 5.47. The summed E-state index contributed by atoms with van der Waals surface area (Å²) in [6.07, 6.45) is 2.25. The van der Waals surface area contributed by atoms with Crippen molar-refractivity contribution in [2.24, 2.45) is 5.41 Å². The van der Waals surface area contributed by atoms with Gasteiger partial charge in [0.15, 0.2) is 5.13 Å². The molecule has 1 fully saturated rings. The molecule has 14 heteroatoms. The average Bonchev–Trinajstić information content (AvgIpc) is 3.30. The Hall–Kier alpha value is -2.97. The number of amides is 2. The van der Waals surface area contributed by atoms with Crippen LogP contribution in [0.5, 0.6) is 0 Å². The quantitative estimate of drug-likeness (QED) is 0.133. The molecule has 0 spiro atoms. The number of halogens is 1. The number of carbonyl (C=O) groups is 4. The smallest absolute Gasteiger partial charge is 0.358 e. The fourth-order valence-electron chi connectivity index (χ4n) is 3.60. The van der Waals surface area contributed by atoms with Gasteiger partial charge >= 0.3 is 11.9 Å². The molecule has 0 aliphatic carbocycles. The molecule has 2 amide bonds. The molecule has 38 heavy (non-hydrogen) atoms. The zero-order chi connectivity index (χ0) is 28.0. The van der Waals surface area contributed by atoms with Crippen LogP contribution in [-0.2, 0) is 33.4 Å². The zero-order valence-electron chi connectivity index (χ0n) is 21.6. The lowest BCUT2D eigenvalue weighted by Crippen LogP contribution is -2.70. The van der Waals surface area contributed by atoms with Crippen molar-refractivity contribution in [2.45, 2.75) is 45.5 Å². The Morgan fingerprint density at radius 3 is 2.66 bits per heavy atom. The van der Waals surface area contributed by atoms with Crippen LogP contribution in [0.4, 0.5) is 9.52 Å². The Morgan fingerprint density at radius 2 is 2.05 bits per heavy atom. The molecule has 0 saturated carbocycles. The molecule has 0 unspecified atom stereocenters. The lowest BCUT2D eigenvalue weighted by Gasteiger charge is -2.49. The molecule has 2 atom stereocenters. The van der Waals surface area contributed by atoms with Gasteiger partial charge in [-0.15, -0.1) is 23.1 Å². The Bertz CT molecular complexity index is 1150. The van der Waals surface area contributed by atoms with Gasteiger partial charge in [0, 0.05) is 11.1 Å². The minimum atomic E-state index is -0.904. The van der Waals surface area contributed by atoms with E-state index in [0.717, 1.165) is 0 Å². The highest BCUT2D eigenvalue weighted by Gasteiger charge is 2.54. The molecule has 0 bridgehead atoms. The van der Waals surface area contributed by atoms with Crippen molar-refractivity contribution < 1.29 is 37.8 Å². The lowest BCUT2D eigenvalue weighted by molar-refractivity contribution is -0.173. The average molecular weight is 571 g/mol. The summed E-state index contributed by atoms with van der Waals surface area (Å²) in [4.78, 5) is 56.6. The number of anilines is 1. The molecule has 3 N–H and O–H groups in total. The van der Waals surface area contributed by atoms with E-state index >= 15 is 0 Å². The van der Waals surface area contributed by atoms with Gasteiger partial charge in [-0.05, 0) is 32.8 Å². The van der Waals surface area contributed by atoms with Crippen LogP contribution in [0.15, 0.2) is 22.7 Å². The van der Waals surface area contributed by atoms with Gasteiger partial charge < -0.3 is 25.3 Å². The molecule has 1 saturated heterocycles. The maximum Gasteiger partial charge on any atom is 0.358 e. The number of ether oxygens (including phenoxy) is 3. The van der Waals surface area contributed by atoms with Crippen molar-refractivity contribution in [1.29, 1.82) is 0 Å². The number of esters is 2. The van der Waals surface area contributed by atoms with Crippen LogP contribution in [0.3, 0.4) is 0 Å². The van der Waals surface area contributed by atoms with Crippen LogP contribution in [0.2, 0.25) is 0 Å². The molecular weight excluding hydrogens is 539 g/mol. The van der Waals surface area contributed by atoms with E-state index < -0.39 is 54.1 Å². The maximum absolute atomic E-state index is 13.2. The minimum absolute atomic E-state index is 0.0634. The van der Waals surface area contributed by atoms with Crippen LogP contribution in [0, 0.1) is 5.41 Å². The van der Waals surface area contributed by atoms with Gasteiger partial charge in [-0.3, -0.25) is 19.3 Å². The van der Waals surface area contributed by atoms with Crippen molar-refractivity contribution in [1.82, 2.24) is 15.2 Å². The van der Waals surface area contributed by atoms with E-state index in [1.54, 1.807) is 32.2 Å². The summed E-state index contributed by atoms with van der Waals surface area (Å²) in [5, 5.41) is 4.13. The molecule has 1 aromatic rings. The summed E-state index contributed by atoms with van der Waals surface area (Å²) in [7, 11) is 0. The molecule has 1 aromatic heterocycles. The summed E-state index contributed by atoms with van der Waals surface area (Å²) in [5.41, 5.74) is 5.98. The number of hydrogen-bond acceptors (Lipinski definition) is 11. The second-order valence-electron chi connectivity index (χ2n) is 9.38. The maximum atomic E-state index is 13.2. The second kappa shape index (κ2) is 12.7. The van der Waals surface area contributed by atoms with E-state index in [1.807, 2.05) is 6.92 Å². The SMILES string of the molecule is CC/C=C(/C(=O)N[C@@H]1C(=O)N2C(C(=O)OCOC(=O)C(C)(C)C)=C(COCCF)CS[C@H]12)c1csc(N)n1. The molecule has 2 aliphatic rings. The van der Waals surface area contributed by atoms with E-state index in [9.17, 15) is 23.6 Å². The molecule has 2 aliphatic heterocycles. The number of nitrogens with one attached hydrogen (secondary N) is 1. The van der Waals surface area contributed by atoms with Crippen LogP contribution in [0.25, 0.3) is 5.57 Å². The Morgan fingerprint density at radius 1 is 1.32 bits per heavy atom. The molecule has 208 valence electrons. The van der Waals surface area contributed by atoms with Gasteiger partial charge in [0.2, 0.25) is 6.79 Å². The van der Waals surface area contributed by atoms with Crippen molar-refractivity contribution in [2.75, 3.05) is 38.2 Å². The predicted octanol–water partition coefficient (Wildman–Crippen LogP) is 2.25. The van der Waals surface area contributed by atoms with Crippen LogP contribution in [0.1, 0.15) is 39.8 Å². The highest BCUT2D eigenvalue weighted by atomic mass is 32.2. The number of hydrogen-bond donors (Lipinski definition) is 2. The highest BCUT2D eigenvalue weighted by molar-refractivity contribution is 8.00. The number of thioether (sulfide) groups is 1. The summed E-state index contributed by atoms with van der Waals surface area (Å²) in [6, 6.07) is -0.904. The van der Waals surface area contributed by atoms with Gasteiger partial charge in [0.1, 0.15) is 23.8 Å². The first-order chi connectivity index (χ1) is 18.0. The number of carbonyl (C=O) groups excluding carboxylic acids is 4. The zero-order valence-corrected chi connectivity index (χ0v) is 23.2. The molecule has 0 radical (unpaired) electrons. The van der Waals surface area contributed by atoms with Gasteiger partial charge in [-0.1, -0.05) is 13.0 Å². The van der Waals surface area contributed by atoms with Gasteiger partial charge in [0.05, 0.1) is 29.9 Å². The van der Waals surface area contributed by atoms with Crippen LogP contribution >= 0.6 is 23.1 Å². The number of allylic oxidation sites excluding steroid dienone is 1. The summed E-state index contributed by atoms with van der Waals surface area (Å²) >= 11 is 2.52. The van der Waals surface area contributed by atoms with E-state index in [2.05, 4.69) is 10.3 Å². The number of aromatic nitrogens is 1. The van der Waals surface area contributed by atoms with Crippen molar-refractivity contribution in [3.8, 4) is 0 Å². The largest absolute Gasteiger partial charge is 0.427 e. The number of nitrogen functional groups attached to an aromatic ring is 1. The van der Waals surface area contributed by atoms with Crippen molar-refractivity contribution >= 4 is 57.6 Å². The highest BCUT2D eigenvalue weighted by Crippen LogP contribution is 2.41. The van der Waals surface area contributed by atoms with Crippen LogP contribution < -0.4 is 11.1 Å². The van der Waals surface area contributed by atoms with Crippen molar-refractivity contribution in [3.63, 3.8) is 0 Å². The summed E-state index contributed by atoms with van der Waals surface area (Å²) < 4.78 is 28.0. The third-order valence-corrected chi connectivity index (χ3v) is 7.48. The number of nitrogens with two attached hydrogens (primary N) is 1. The van der Waals surface area contributed by atoms with E-state index in [-0.39, 0.29) is 24.7 Å². The number of nitrogens with zero attached hydrogens (tertiary/aromatic N) is 2. The number of fused-ring (bicyclic) bond motifs is 1. The monoisotopic (exact) mass is 570 g/mol. The fraction of sp³-hybridized carbons (Fsp3) is 0.542. The third kappa shape index (κ3) is 6.72. The van der Waals surface area contributed by atoms with E-state index in [4.69, 9.17) is 19.9 Å². The Labute approximate surface area is 227 Å². The number of alkyl halides is 1. The lowest BCUT2D eigenvalue weighted by atomic mass is 9.98.